The second kappa shape index (κ2) is 11.3. The van der Waals surface area contributed by atoms with Gasteiger partial charge in [-0.3, -0.25) is 9.59 Å². The number of amides is 2. The van der Waals surface area contributed by atoms with Gasteiger partial charge in [0.25, 0.3) is 0 Å². The molecule has 0 fully saturated rings. The monoisotopic (exact) mass is 438 g/mol. The Kier molecular flexibility index (Phi) is 9.16. The van der Waals surface area contributed by atoms with E-state index in [0.29, 0.717) is 28.8 Å². The summed E-state index contributed by atoms with van der Waals surface area (Å²) in [5.41, 5.74) is 1.88. The molecule has 7 heteroatoms. The van der Waals surface area contributed by atoms with Crippen LogP contribution in [0.5, 0.6) is 0 Å². The first-order valence-corrected chi connectivity index (χ1v) is 10.9. The highest BCUT2D eigenvalue weighted by Gasteiger charge is 2.28. The van der Waals surface area contributed by atoms with E-state index in [4.69, 9.17) is 23.2 Å². The molecule has 2 aromatic rings. The summed E-state index contributed by atoms with van der Waals surface area (Å²) < 4.78 is 0. The Morgan fingerprint density at radius 2 is 1.89 bits per heavy atom. The normalized spacial score (nSPS) is 11.7. The number of benzene rings is 2. The van der Waals surface area contributed by atoms with Crippen LogP contribution in [0.15, 0.2) is 48.5 Å². The van der Waals surface area contributed by atoms with Gasteiger partial charge < -0.3 is 10.2 Å². The molecule has 0 radical (unpaired) electrons. The second-order valence-corrected chi connectivity index (χ2v) is 8.10. The summed E-state index contributed by atoms with van der Waals surface area (Å²) in [6.45, 7) is 2.19. The predicted molar refractivity (Wildman–Crippen MR) is 118 cm³/mol. The minimum absolute atomic E-state index is 0.0950. The molecule has 0 spiro atoms. The molecule has 2 aromatic carbocycles. The lowest BCUT2D eigenvalue weighted by atomic mass is 10.1. The van der Waals surface area contributed by atoms with Gasteiger partial charge in [-0.1, -0.05) is 60.5 Å². The molecule has 1 N–H and O–H groups in total. The summed E-state index contributed by atoms with van der Waals surface area (Å²) in [4.78, 5) is 26.9. The maximum Gasteiger partial charge on any atom is 0.242 e. The molecular weight excluding hydrogens is 415 g/mol. The zero-order valence-corrected chi connectivity index (χ0v) is 18.3. The average Bonchev–Trinajstić information content (AvgIpc) is 2.69. The van der Waals surface area contributed by atoms with E-state index in [0.717, 1.165) is 11.1 Å². The van der Waals surface area contributed by atoms with E-state index >= 15 is 0 Å². The first kappa shape index (κ1) is 22.6. The number of carbonyl (C=O) groups is 2. The van der Waals surface area contributed by atoms with Crippen molar-refractivity contribution in [3.05, 3.63) is 69.7 Å². The van der Waals surface area contributed by atoms with Gasteiger partial charge in [0.2, 0.25) is 11.8 Å². The highest BCUT2D eigenvalue weighted by Crippen LogP contribution is 2.22. The van der Waals surface area contributed by atoms with E-state index in [1.165, 1.54) is 11.8 Å². The lowest BCUT2D eigenvalue weighted by molar-refractivity contribution is -0.139. The minimum Gasteiger partial charge on any atom is -0.357 e. The van der Waals surface area contributed by atoms with Crippen LogP contribution in [-0.2, 0) is 21.9 Å². The van der Waals surface area contributed by atoms with Crippen LogP contribution in [0, 0.1) is 0 Å². The third kappa shape index (κ3) is 6.43. The Morgan fingerprint density at radius 3 is 2.54 bits per heavy atom. The maximum atomic E-state index is 13.0. The van der Waals surface area contributed by atoms with Gasteiger partial charge in [0.05, 0.1) is 5.75 Å². The largest absolute Gasteiger partial charge is 0.357 e. The van der Waals surface area contributed by atoms with Crippen molar-refractivity contribution >= 4 is 46.8 Å². The van der Waals surface area contributed by atoms with Gasteiger partial charge in [-0.2, -0.15) is 0 Å². The second-order valence-electron chi connectivity index (χ2n) is 6.27. The Labute approximate surface area is 180 Å². The minimum atomic E-state index is -0.541. The number of thioether (sulfide) groups is 1. The van der Waals surface area contributed by atoms with Crippen LogP contribution in [0.3, 0.4) is 0 Å². The van der Waals surface area contributed by atoms with Gasteiger partial charge in [0.1, 0.15) is 6.04 Å². The van der Waals surface area contributed by atoms with Crippen LogP contribution < -0.4 is 5.32 Å². The summed E-state index contributed by atoms with van der Waals surface area (Å²) in [5, 5.41) is 3.91. The van der Waals surface area contributed by atoms with E-state index in [1.54, 1.807) is 18.0 Å². The number of nitrogens with one attached hydrogen (secondary N) is 1. The van der Waals surface area contributed by atoms with Crippen LogP contribution in [0.1, 0.15) is 24.5 Å². The van der Waals surface area contributed by atoms with Crippen LogP contribution in [0.2, 0.25) is 10.0 Å². The van der Waals surface area contributed by atoms with Crippen molar-refractivity contribution in [2.24, 2.45) is 0 Å². The molecule has 28 heavy (non-hydrogen) atoms. The fourth-order valence-corrected chi connectivity index (χ4v) is 4.13. The molecular formula is C21H24Cl2N2O2S. The number of hydrogen-bond donors (Lipinski definition) is 1. The molecule has 2 rings (SSSR count). The molecule has 150 valence electrons. The van der Waals surface area contributed by atoms with Gasteiger partial charge in [-0.15, -0.1) is 11.8 Å². The van der Waals surface area contributed by atoms with Crippen molar-refractivity contribution in [1.82, 2.24) is 10.2 Å². The quantitative estimate of drug-likeness (QED) is 0.612. The lowest BCUT2D eigenvalue weighted by Crippen LogP contribution is -2.48. The van der Waals surface area contributed by atoms with Gasteiger partial charge >= 0.3 is 0 Å². The van der Waals surface area contributed by atoms with Crippen molar-refractivity contribution < 1.29 is 9.59 Å². The first-order chi connectivity index (χ1) is 13.5. The SMILES string of the molecule is CCC(C(=O)NC)N(Cc1ccccc1Cl)C(=O)CSCc1cccc(Cl)c1. The van der Waals surface area contributed by atoms with Gasteiger partial charge in [-0.05, 0) is 35.7 Å². The number of carbonyl (C=O) groups excluding carboxylic acids is 2. The fourth-order valence-electron chi connectivity index (χ4n) is 2.86. The zero-order chi connectivity index (χ0) is 20.5. The zero-order valence-electron chi connectivity index (χ0n) is 16.0. The molecule has 1 atom stereocenters. The Hall–Kier alpha value is -1.69. The highest BCUT2D eigenvalue weighted by atomic mass is 35.5. The summed E-state index contributed by atoms with van der Waals surface area (Å²) in [6.07, 6.45) is 0.523. The third-order valence-electron chi connectivity index (χ3n) is 4.31. The molecule has 0 aliphatic heterocycles. The van der Waals surface area contributed by atoms with Crippen molar-refractivity contribution in [2.45, 2.75) is 31.7 Å². The molecule has 0 saturated carbocycles. The average molecular weight is 439 g/mol. The number of rotatable bonds is 9. The van der Waals surface area contributed by atoms with Crippen molar-refractivity contribution in [3.8, 4) is 0 Å². The van der Waals surface area contributed by atoms with Crippen LogP contribution in [-0.4, -0.2) is 35.6 Å². The predicted octanol–water partition coefficient (Wildman–Crippen LogP) is 4.78. The molecule has 0 aromatic heterocycles. The van der Waals surface area contributed by atoms with Gasteiger partial charge in [-0.25, -0.2) is 0 Å². The number of likely N-dealkylation sites (N-methyl/N-ethyl adjacent to an activating group) is 1. The summed E-state index contributed by atoms with van der Waals surface area (Å²) in [6, 6.07) is 14.4. The number of halogens is 2. The Morgan fingerprint density at radius 1 is 1.14 bits per heavy atom. The Balaban J connectivity index is 2.11. The molecule has 0 aliphatic rings. The van der Waals surface area contributed by atoms with E-state index in [9.17, 15) is 9.59 Å². The summed E-state index contributed by atoms with van der Waals surface area (Å²) >= 11 is 13.8. The van der Waals surface area contributed by atoms with Crippen molar-refractivity contribution in [2.75, 3.05) is 12.8 Å². The molecule has 0 aliphatic carbocycles. The van der Waals surface area contributed by atoms with Crippen LogP contribution >= 0.6 is 35.0 Å². The topological polar surface area (TPSA) is 49.4 Å². The molecule has 0 saturated heterocycles. The van der Waals surface area contributed by atoms with Gasteiger partial charge in [0.15, 0.2) is 0 Å². The van der Waals surface area contributed by atoms with Gasteiger partial charge in [0, 0.05) is 29.4 Å². The van der Waals surface area contributed by atoms with Crippen LogP contribution in [0.4, 0.5) is 0 Å². The molecule has 0 bridgehead atoms. The van der Waals surface area contributed by atoms with Crippen molar-refractivity contribution in [3.63, 3.8) is 0 Å². The van der Waals surface area contributed by atoms with E-state index < -0.39 is 6.04 Å². The standard InChI is InChI=1S/C21H24Cl2N2O2S/c1-3-19(21(27)24-2)25(12-16-8-4-5-10-18(16)23)20(26)14-28-13-15-7-6-9-17(22)11-15/h4-11,19H,3,12-14H2,1-2H3,(H,24,27). The van der Waals surface area contributed by atoms with E-state index in [2.05, 4.69) is 5.32 Å². The van der Waals surface area contributed by atoms with E-state index in [1.807, 2.05) is 49.4 Å². The first-order valence-electron chi connectivity index (χ1n) is 9.03. The summed E-state index contributed by atoms with van der Waals surface area (Å²) in [7, 11) is 1.58. The Bertz CT molecular complexity index is 816. The molecule has 2 amide bonds. The fraction of sp³-hybridized carbons (Fsp3) is 0.333. The third-order valence-corrected chi connectivity index (χ3v) is 5.91. The molecule has 4 nitrogen and oxygen atoms in total. The number of hydrogen-bond acceptors (Lipinski definition) is 3. The van der Waals surface area contributed by atoms with E-state index in [-0.39, 0.29) is 17.6 Å². The molecule has 0 heterocycles. The maximum absolute atomic E-state index is 13.0. The van der Waals surface area contributed by atoms with Crippen molar-refractivity contribution in [1.29, 1.82) is 0 Å². The van der Waals surface area contributed by atoms with Crippen LogP contribution in [0.25, 0.3) is 0 Å². The lowest BCUT2D eigenvalue weighted by Gasteiger charge is -2.30. The highest BCUT2D eigenvalue weighted by molar-refractivity contribution is 7.99. The smallest absolute Gasteiger partial charge is 0.242 e. The number of nitrogens with zero attached hydrogens (tertiary/aromatic N) is 1. The molecule has 1 unspecified atom stereocenters. The summed E-state index contributed by atoms with van der Waals surface area (Å²) in [5.74, 6) is 0.665.